The van der Waals surface area contributed by atoms with Crippen molar-refractivity contribution in [2.45, 2.75) is 39.8 Å². The van der Waals surface area contributed by atoms with Crippen molar-refractivity contribution < 1.29 is 4.74 Å². The smallest absolute Gasteiger partial charge is 0.120 e. The normalized spacial score (nSPS) is 11.1. The van der Waals surface area contributed by atoms with Crippen LogP contribution in [0.5, 0.6) is 5.75 Å². The summed E-state index contributed by atoms with van der Waals surface area (Å²) in [4.78, 5) is 0. The molecular weight excluding hydrogens is 222 g/mol. The van der Waals surface area contributed by atoms with E-state index in [2.05, 4.69) is 42.5 Å². The van der Waals surface area contributed by atoms with Crippen LogP contribution in [0.15, 0.2) is 42.6 Å². The van der Waals surface area contributed by atoms with Gasteiger partial charge in [0.05, 0.1) is 6.10 Å². The Labute approximate surface area is 109 Å². The molecule has 0 aliphatic carbocycles. The van der Waals surface area contributed by atoms with Gasteiger partial charge in [0.1, 0.15) is 5.75 Å². The first-order chi connectivity index (χ1) is 8.60. The van der Waals surface area contributed by atoms with Gasteiger partial charge >= 0.3 is 0 Å². The second kappa shape index (κ2) is 5.30. The molecule has 0 fully saturated rings. The van der Waals surface area contributed by atoms with Gasteiger partial charge in [-0.15, -0.1) is 0 Å². The van der Waals surface area contributed by atoms with Crippen molar-refractivity contribution in [1.29, 1.82) is 0 Å². The predicted molar refractivity (Wildman–Crippen MR) is 77.1 cm³/mol. The summed E-state index contributed by atoms with van der Waals surface area (Å²) in [5, 5.41) is 1.22. The summed E-state index contributed by atoms with van der Waals surface area (Å²) < 4.78 is 7.94. The average Bonchev–Trinajstić information content (AvgIpc) is 2.71. The first-order valence-electron chi connectivity index (χ1n) is 6.52. The van der Waals surface area contributed by atoms with E-state index in [1.165, 1.54) is 16.5 Å². The van der Waals surface area contributed by atoms with Crippen molar-refractivity contribution in [2.75, 3.05) is 0 Å². The molecule has 0 atom stereocenters. The fourth-order valence-corrected chi connectivity index (χ4v) is 2.01. The zero-order chi connectivity index (χ0) is 13.1. The van der Waals surface area contributed by atoms with E-state index in [9.17, 15) is 0 Å². The van der Waals surface area contributed by atoms with Gasteiger partial charge in [0, 0.05) is 23.6 Å². The number of allylic oxidation sites excluding steroid dienone is 1. The number of nitrogens with zero attached hydrogens (tertiary/aromatic N) is 1. The minimum atomic E-state index is 0.212. The Bertz CT molecular complexity index is 551. The van der Waals surface area contributed by atoms with E-state index in [1.54, 1.807) is 0 Å². The Kier molecular flexibility index (Phi) is 3.75. The molecule has 2 aromatic rings. The molecule has 2 nitrogen and oxygen atoms in total. The Morgan fingerprint density at radius 3 is 2.78 bits per heavy atom. The highest BCUT2D eigenvalue weighted by atomic mass is 16.5. The van der Waals surface area contributed by atoms with Gasteiger partial charge in [0.2, 0.25) is 0 Å². The molecule has 0 saturated heterocycles. The van der Waals surface area contributed by atoms with Gasteiger partial charge < -0.3 is 9.30 Å². The maximum Gasteiger partial charge on any atom is 0.120 e. The molecule has 0 aliphatic heterocycles. The van der Waals surface area contributed by atoms with Crippen LogP contribution in [-0.4, -0.2) is 10.7 Å². The molecule has 0 bridgehead atoms. The van der Waals surface area contributed by atoms with E-state index in [0.29, 0.717) is 0 Å². The molecule has 0 aliphatic rings. The first kappa shape index (κ1) is 12.7. The lowest BCUT2D eigenvalue weighted by molar-refractivity contribution is 0.243. The molecule has 0 radical (unpaired) electrons. The van der Waals surface area contributed by atoms with E-state index in [-0.39, 0.29) is 6.10 Å². The van der Waals surface area contributed by atoms with Gasteiger partial charge in [-0.25, -0.2) is 0 Å². The molecule has 0 spiro atoms. The van der Waals surface area contributed by atoms with Crippen LogP contribution in [0.25, 0.3) is 10.9 Å². The van der Waals surface area contributed by atoms with Crippen molar-refractivity contribution in [1.82, 2.24) is 4.57 Å². The van der Waals surface area contributed by atoms with Crippen molar-refractivity contribution in [3.63, 3.8) is 0 Å². The van der Waals surface area contributed by atoms with E-state index in [1.807, 2.05) is 19.9 Å². The van der Waals surface area contributed by atoms with E-state index in [4.69, 9.17) is 4.74 Å². The van der Waals surface area contributed by atoms with Gasteiger partial charge in [-0.2, -0.15) is 0 Å². The lowest BCUT2D eigenvalue weighted by Gasteiger charge is -2.10. The van der Waals surface area contributed by atoms with Crippen LogP contribution in [0.1, 0.15) is 27.2 Å². The van der Waals surface area contributed by atoms with Crippen molar-refractivity contribution in [3.05, 3.63) is 42.6 Å². The Morgan fingerprint density at radius 1 is 1.33 bits per heavy atom. The van der Waals surface area contributed by atoms with Crippen LogP contribution in [0, 0.1) is 0 Å². The SMILES string of the molecule is C=C(CC)Cn1ccc2cc(OC(C)C)ccc21. The van der Waals surface area contributed by atoms with E-state index < -0.39 is 0 Å². The number of hydrogen-bond donors (Lipinski definition) is 0. The molecule has 1 aromatic carbocycles. The molecule has 0 amide bonds. The van der Waals surface area contributed by atoms with Crippen molar-refractivity contribution in [2.24, 2.45) is 0 Å². The molecule has 18 heavy (non-hydrogen) atoms. The largest absolute Gasteiger partial charge is 0.491 e. The summed E-state index contributed by atoms with van der Waals surface area (Å²) in [5.74, 6) is 0.935. The van der Waals surface area contributed by atoms with Crippen molar-refractivity contribution in [3.8, 4) is 5.75 Å². The second-order valence-corrected chi connectivity index (χ2v) is 4.93. The molecule has 1 heterocycles. The zero-order valence-electron chi connectivity index (χ0n) is 11.4. The van der Waals surface area contributed by atoms with Crippen LogP contribution in [0.3, 0.4) is 0 Å². The second-order valence-electron chi connectivity index (χ2n) is 4.93. The maximum absolute atomic E-state index is 5.71. The summed E-state index contributed by atoms with van der Waals surface area (Å²) >= 11 is 0. The summed E-state index contributed by atoms with van der Waals surface area (Å²) in [6.45, 7) is 11.2. The fourth-order valence-electron chi connectivity index (χ4n) is 2.01. The predicted octanol–water partition coefficient (Wildman–Crippen LogP) is 4.39. The average molecular weight is 243 g/mol. The van der Waals surface area contributed by atoms with E-state index in [0.717, 1.165) is 18.7 Å². The van der Waals surface area contributed by atoms with Crippen LogP contribution in [0.4, 0.5) is 0 Å². The highest BCUT2D eigenvalue weighted by molar-refractivity contribution is 5.81. The summed E-state index contributed by atoms with van der Waals surface area (Å²) in [5.41, 5.74) is 2.48. The first-order valence-corrected chi connectivity index (χ1v) is 6.52. The highest BCUT2D eigenvalue weighted by Gasteiger charge is 2.04. The van der Waals surface area contributed by atoms with Crippen molar-refractivity contribution >= 4 is 10.9 Å². The number of benzene rings is 1. The number of ether oxygens (including phenoxy) is 1. The molecule has 2 rings (SSSR count). The van der Waals surface area contributed by atoms with Gasteiger partial charge in [-0.05, 0) is 44.5 Å². The third-order valence-electron chi connectivity index (χ3n) is 3.01. The Hall–Kier alpha value is -1.70. The molecule has 96 valence electrons. The molecule has 0 unspecified atom stereocenters. The lowest BCUT2D eigenvalue weighted by Crippen LogP contribution is -2.05. The van der Waals surface area contributed by atoms with Gasteiger partial charge in [-0.1, -0.05) is 19.1 Å². The number of hydrogen-bond acceptors (Lipinski definition) is 1. The molecular formula is C16H21NO. The van der Waals surface area contributed by atoms with Crippen LogP contribution in [0.2, 0.25) is 0 Å². The minimum Gasteiger partial charge on any atom is -0.491 e. The lowest BCUT2D eigenvalue weighted by atomic mass is 10.2. The van der Waals surface area contributed by atoms with Crippen LogP contribution < -0.4 is 4.74 Å². The Morgan fingerprint density at radius 2 is 2.11 bits per heavy atom. The standard InChI is InChI=1S/C16H21NO/c1-5-13(4)11-17-9-8-14-10-15(18-12(2)3)6-7-16(14)17/h6-10,12H,4-5,11H2,1-3H3. The maximum atomic E-state index is 5.71. The molecule has 0 saturated carbocycles. The minimum absolute atomic E-state index is 0.212. The summed E-state index contributed by atoms with van der Waals surface area (Å²) in [6.07, 6.45) is 3.35. The molecule has 0 N–H and O–H groups in total. The van der Waals surface area contributed by atoms with Crippen LogP contribution >= 0.6 is 0 Å². The molecule has 2 heteroatoms. The van der Waals surface area contributed by atoms with Crippen LogP contribution in [-0.2, 0) is 6.54 Å². The summed E-state index contributed by atoms with van der Waals surface area (Å²) in [7, 11) is 0. The third-order valence-corrected chi connectivity index (χ3v) is 3.01. The quantitative estimate of drug-likeness (QED) is 0.710. The zero-order valence-corrected chi connectivity index (χ0v) is 11.4. The van der Waals surface area contributed by atoms with Gasteiger partial charge in [0.25, 0.3) is 0 Å². The fraction of sp³-hybridized carbons (Fsp3) is 0.375. The number of fused-ring (bicyclic) bond motifs is 1. The summed E-state index contributed by atoms with van der Waals surface area (Å²) in [6, 6.07) is 8.38. The van der Waals surface area contributed by atoms with Gasteiger partial charge in [0.15, 0.2) is 0 Å². The Balaban J connectivity index is 2.28. The number of aromatic nitrogens is 1. The topological polar surface area (TPSA) is 14.2 Å². The van der Waals surface area contributed by atoms with Gasteiger partial charge in [-0.3, -0.25) is 0 Å². The number of rotatable bonds is 5. The molecule has 1 aromatic heterocycles. The van der Waals surface area contributed by atoms with E-state index >= 15 is 0 Å². The monoisotopic (exact) mass is 243 g/mol. The third kappa shape index (κ3) is 2.76. The highest BCUT2D eigenvalue weighted by Crippen LogP contribution is 2.23.